The molecule has 0 bridgehead atoms. The fourth-order valence-electron chi connectivity index (χ4n) is 3.08. The number of benzene rings is 1. The molecule has 1 aromatic rings. The maximum Gasteiger partial charge on any atom is 0.318 e. The molecular weight excluding hydrogens is 296 g/mol. The third-order valence-electron chi connectivity index (χ3n) is 4.08. The summed E-state index contributed by atoms with van der Waals surface area (Å²) in [5, 5.41) is 12.2. The summed E-state index contributed by atoms with van der Waals surface area (Å²) in [4.78, 5) is 14.6. The van der Waals surface area contributed by atoms with Gasteiger partial charge in [-0.25, -0.2) is 4.79 Å². The van der Waals surface area contributed by atoms with Crippen LogP contribution in [0.15, 0.2) is 24.3 Å². The van der Waals surface area contributed by atoms with Gasteiger partial charge in [0.25, 0.3) is 0 Å². The average molecular weight is 322 g/mol. The SMILES string of the molecule is CSCC(C)NC(=O)N(CCCO)C1CCc2ccccc21. The Morgan fingerprint density at radius 3 is 3.00 bits per heavy atom. The third kappa shape index (κ3) is 4.17. The van der Waals surface area contributed by atoms with E-state index >= 15 is 0 Å². The van der Waals surface area contributed by atoms with Crippen molar-refractivity contribution in [2.24, 2.45) is 0 Å². The molecule has 0 aromatic heterocycles. The molecule has 122 valence electrons. The lowest BCUT2D eigenvalue weighted by Gasteiger charge is -2.31. The molecule has 1 aliphatic rings. The highest BCUT2D eigenvalue weighted by molar-refractivity contribution is 7.98. The molecule has 5 heteroatoms. The van der Waals surface area contributed by atoms with Crippen LogP contribution in [0.25, 0.3) is 0 Å². The molecule has 0 heterocycles. The predicted molar refractivity (Wildman–Crippen MR) is 92.3 cm³/mol. The Labute approximate surface area is 137 Å². The van der Waals surface area contributed by atoms with Gasteiger partial charge in [-0.05, 0) is 43.6 Å². The van der Waals surface area contributed by atoms with E-state index in [0.29, 0.717) is 13.0 Å². The van der Waals surface area contributed by atoms with Crippen LogP contribution in [0, 0.1) is 0 Å². The van der Waals surface area contributed by atoms with Gasteiger partial charge in [0.05, 0.1) is 6.04 Å². The van der Waals surface area contributed by atoms with Crippen LogP contribution in [0.1, 0.15) is 36.9 Å². The second-order valence-electron chi connectivity index (χ2n) is 5.83. The van der Waals surface area contributed by atoms with Crippen LogP contribution in [-0.4, -0.2) is 47.2 Å². The number of nitrogens with one attached hydrogen (secondary N) is 1. The average Bonchev–Trinajstić information content (AvgIpc) is 2.92. The van der Waals surface area contributed by atoms with E-state index < -0.39 is 0 Å². The smallest absolute Gasteiger partial charge is 0.318 e. The Hall–Kier alpha value is -1.20. The Kier molecular flexibility index (Phi) is 6.58. The van der Waals surface area contributed by atoms with E-state index in [2.05, 4.69) is 23.5 Å². The van der Waals surface area contributed by atoms with Gasteiger partial charge in [-0.15, -0.1) is 0 Å². The monoisotopic (exact) mass is 322 g/mol. The highest BCUT2D eigenvalue weighted by Gasteiger charge is 2.30. The van der Waals surface area contributed by atoms with Crippen LogP contribution in [-0.2, 0) is 6.42 Å². The van der Waals surface area contributed by atoms with Gasteiger partial charge in [0.1, 0.15) is 0 Å². The minimum Gasteiger partial charge on any atom is -0.396 e. The summed E-state index contributed by atoms with van der Waals surface area (Å²) in [6.07, 6.45) is 4.64. The Bertz CT molecular complexity index is 495. The molecular formula is C17H26N2O2S. The van der Waals surface area contributed by atoms with Crippen LogP contribution in [0.3, 0.4) is 0 Å². The number of fused-ring (bicyclic) bond motifs is 1. The lowest BCUT2D eigenvalue weighted by Crippen LogP contribution is -2.46. The highest BCUT2D eigenvalue weighted by atomic mass is 32.2. The molecule has 2 unspecified atom stereocenters. The Morgan fingerprint density at radius 2 is 2.27 bits per heavy atom. The number of hydrogen-bond donors (Lipinski definition) is 2. The first-order valence-electron chi connectivity index (χ1n) is 7.92. The first-order valence-corrected chi connectivity index (χ1v) is 9.31. The Morgan fingerprint density at radius 1 is 1.50 bits per heavy atom. The van der Waals surface area contributed by atoms with E-state index in [1.807, 2.05) is 24.1 Å². The number of hydrogen-bond acceptors (Lipinski definition) is 3. The zero-order valence-corrected chi connectivity index (χ0v) is 14.2. The van der Waals surface area contributed by atoms with E-state index in [1.54, 1.807) is 11.8 Å². The van der Waals surface area contributed by atoms with Gasteiger partial charge in [0, 0.05) is 24.9 Å². The van der Waals surface area contributed by atoms with Crippen molar-refractivity contribution in [3.63, 3.8) is 0 Å². The first-order chi connectivity index (χ1) is 10.7. The number of thioether (sulfide) groups is 1. The second-order valence-corrected chi connectivity index (χ2v) is 6.74. The first kappa shape index (κ1) is 17.2. The van der Waals surface area contributed by atoms with Crippen molar-refractivity contribution in [3.05, 3.63) is 35.4 Å². The number of aliphatic hydroxyl groups is 1. The van der Waals surface area contributed by atoms with E-state index in [9.17, 15) is 4.79 Å². The molecule has 0 saturated carbocycles. The molecule has 0 saturated heterocycles. The summed E-state index contributed by atoms with van der Waals surface area (Å²) in [5.74, 6) is 0.904. The zero-order valence-electron chi connectivity index (χ0n) is 13.4. The fraction of sp³-hybridized carbons (Fsp3) is 0.588. The lowest BCUT2D eigenvalue weighted by atomic mass is 10.1. The van der Waals surface area contributed by atoms with Gasteiger partial charge >= 0.3 is 6.03 Å². The van der Waals surface area contributed by atoms with Crippen LogP contribution < -0.4 is 5.32 Å². The summed E-state index contributed by atoms with van der Waals surface area (Å²) < 4.78 is 0. The predicted octanol–water partition coefficient (Wildman–Crippen LogP) is 2.82. The molecule has 0 fully saturated rings. The van der Waals surface area contributed by atoms with Crippen molar-refractivity contribution in [3.8, 4) is 0 Å². The van der Waals surface area contributed by atoms with Crippen molar-refractivity contribution in [1.29, 1.82) is 0 Å². The number of carbonyl (C=O) groups excluding carboxylic acids is 1. The summed E-state index contributed by atoms with van der Waals surface area (Å²) in [6, 6.07) is 8.62. The maximum absolute atomic E-state index is 12.7. The minimum absolute atomic E-state index is 0.0169. The summed E-state index contributed by atoms with van der Waals surface area (Å²) in [6.45, 7) is 2.73. The molecule has 22 heavy (non-hydrogen) atoms. The molecule has 4 nitrogen and oxygen atoms in total. The van der Waals surface area contributed by atoms with Crippen molar-refractivity contribution < 1.29 is 9.90 Å². The van der Waals surface area contributed by atoms with Gasteiger partial charge in [0.15, 0.2) is 0 Å². The number of urea groups is 1. The minimum atomic E-state index is -0.0169. The van der Waals surface area contributed by atoms with Gasteiger partial charge in [-0.3, -0.25) is 0 Å². The van der Waals surface area contributed by atoms with Gasteiger partial charge < -0.3 is 15.3 Å². The largest absolute Gasteiger partial charge is 0.396 e. The summed E-state index contributed by atoms with van der Waals surface area (Å²) in [5.41, 5.74) is 2.60. The fourth-order valence-corrected chi connectivity index (χ4v) is 3.67. The van der Waals surface area contributed by atoms with Crippen molar-refractivity contribution in [1.82, 2.24) is 10.2 Å². The topological polar surface area (TPSA) is 52.6 Å². The number of nitrogens with zero attached hydrogens (tertiary/aromatic N) is 1. The normalized spacial score (nSPS) is 17.9. The van der Waals surface area contributed by atoms with E-state index in [4.69, 9.17) is 5.11 Å². The standard InChI is InChI=1S/C17H26N2O2S/c1-13(12-22-2)18-17(21)19(10-5-11-20)16-9-8-14-6-3-4-7-15(14)16/h3-4,6-7,13,16,20H,5,8-12H2,1-2H3,(H,18,21). The highest BCUT2D eigenvalue weighted by Crippen LogP contribution is 2.35. The molecule has 0 radical (unpaired) electrons. The van der Waals surface area contributed by atoms with Crippen LogP contribution in [0.2, 0.25) is 0 Å². The molecule has 2 rings (SSSR count). The molecule has 2 N–H and O–H groups in total. The number of carbonyl (C=O) groups is 1. The molecule has 0 spiro atoms. The molecule has 2 atom stereocenters. The number of amides is 2. The van der Waals surface area contributed by atoms with Crippen molar-refractivity contribution >= 4 is 17.8 Å². The van der Waals surface area contributed by atoms with Gasteiger partial charge in [-0.2, -0.15) is 11.8 Å². The second kappa shape index (κ2) is 8.44. The van der Waals surface area contributed by atoms with Crippen molar-refractivity contribution in [2.45, 2.75) is 38.3 Å². The molecule has 1 aliphatic carbocycles. The van der Waals surface area contributed by atoms with Crippen LogP contribution in [0.5, 0.6) is 0 Å². The maximum atomic E-state index is 12.7. The van der Waals surface area contributed by atoms with E-state index in [-0.39, 0.29) is 24.7 Å². The van der Waals surface area contributed by atoms with Gasteiger partial charge in [0.2, 0.25) is 0 Å². The quantitative estimate of drug-likeness (QED) is 0.811. The summed E-state index contributed by atoms with van der Waals surface area (Å²) in [7, 11) is 0. The van der Waals surface area contributed by atoms with E-state index in [0.717, 1.165) is 18.6 Å². The third-order valence-corrected chi connectivity index (χ3v) is 4.92. The zero-order chi connectivity index (χ0) is 15.9. The number of rotatable bonds is 7. The van der Waals surface area contributed by atoms with Gasteiger partial charge in [-0.1, -0.05) is 24.3 Å². The molecule has 2 amide bonds. The van der Waals surface area contributed by atoms with Crippen molar-refractivity contribution in [2.75, 3.05) is 25.2 Å². The molecule has 0 aliphatic heterocycles. The number of aliphatic hydroxyl groups excluding tert-OH is 1. The number of aryl methyl sites for hydroxylation is 1. The Balaban J connectivity index is 2.11. The molecule has 1 aromatic carbocycles. The van der Waals surface area contributed by atoms with Crippen LogP contribution >= 0.6 is 11.8 Å². The lowest BCUT2D eigenvalue weighted by molar-refractivity contribution is 0.163. The van der Waals surface area contributed by atoms with Crippen LogP contribution in [0.4, 0.5) is 4.79 Å². The van der Waals surface area contributed by atoms with E-state index in [1.165, 1.54) is 11.1 Å². The summed E-state index contributed by atoms with van der Waals surface area (Å²) >= 11 is 1.73.